The Balaban J connectivity index is 1.65. The highest BCUT2D eigenvalue weighted by atomic mass is 32.2. The van der Waals surface area contributed by atoms with Gasteiger partial charge < -0.3 is 15.0 Å². The van der Waals surface area contributed by atoms with Gasteiger partial charge in [0.2, 0.25) is 0 Å². The Hall–Kier alpha value is -2.51. The molecule has 3 heterocycles. The van der Waals surface area contributed by atoms with E-state index in [-0.39, 0.29) is 4.90 Å². The summed E-state index contributed by atoms with van der Waals surface area (Å²) in [6, 6.07) is 13.1. The van der Waals surface area contributed by atoms with Crippen molar-refractivity contribution in [2.45, 2.75) is 11.3 Å². The van der Waals surface area contributed by atoms with Crippen molar-refractivity contribution in [2.75, 3.05) is 37.7 Å². The number of hydrogen-bond donors (Lipinski definition) is 1. The lowest BCUT2D eigenvalue weighted by Gasteiger charge is -2.30. The first-order valence-corrected chi connectivity index (χ1v) is 10.7. The van der Waals surface area contributed by atoms with E-state index in [0.717, 1.165) is 49.2 Å². The highest BCUT2D eigenvalue weighted by Gasteiger charge is 2.28. The second kappa shape index (κ2) is 6.28. The zero-order chi connectivity index (χ0) is 18.4. The number of para-hydroxylation sites is 1. The zero-order valence-electron chi connectivity index (χ0n) is 14.9. The van der Waals surface area contributed by atoms with Crippen molar-refractivity contribution in [2.24, 2.45) is 0 Å². The Morgan fingerprint density at radius 2 is 1.81 bits per heavy atom. The quantitative estimate of drug-likeness (QED) is 0.751. The van der Waals surface area contributed by atoms with Gasteiger partial charge in [-0.1, -0.05) is 18.2 Å². The lowest BCUT2D eigenvalue weighted by Crippen LogP contribution is -2.43. The Morgan fingerprint density at radius 1 is 1.00 bits per heavy atom. The van der Waals surface area contributed by atoms with Gasteiger partial charge in [0.15, 0.2) is 0 Å². The number of ether oxygens (including phenoxy) is 1. The normalized spacial score (nSPS) is 17.1. The van der Waals surface area contributed by atoms with E-state index in [1.54, 1.807) is 18.3 Å². The topological polar surface area (TPSA) is 63.6 Å². The second-order valence-corrected chi connectivity index (χ2v) is 8.69. The van der Waals surface area contributed by atoms with Crippen LogP contribution in [0.4, 0.5) is 5.69 Å². The van der Waals surface area contributed by atoms with E-state index >= 15 is 0 Å². The average Bonchev–Trinajstić information content (AvgIpc) is 3.35. The molecule has 1 fully saturated rings. The van der Waals surface area contributed by atoms with E-state index in [2.05, 4.69) is 16.3 Å². The van der Waals surface area contributed by atoms with Crippen LogP contribution in [-0.4, -0.2) is 45.2 Å². The fraction of sp³-hybridized carbons (Fsp3) is 0.300. The molecule has 140 valence electrons. The number of piperazine rings is 1. The smallest absolute Gasteiger partial charge is 0.271 e. The number of aromatic nitrogens is 1. The maximum absolute atomic E-state index is 13.4. The van der Waals surface area contributed by atoms with E-state index in [4.69, 9.17) is 4.74 Å². The summed E-state index contributed by atoms with van der Waals surface area (Å²) in [5.74, 6) is 0.498. The molecule has 2 aromatic carbocycles. The SMILES string of the molecule is O=S(=O)(c1cccc2c1OCC2)n1ccc2c(N3CCNCC3)cccc21. The molecular formula is C20H21N3O3S. The van der Waals surface area contributed by atoms with Crippen molar-refractivity contribution in [3.05, 3.63) is 54.2 Å². The predicted octanol–water partition coefficient (Wildman–Crippen LogP) is 2.22. The monoisotopic (exact) mass is 383 g/mol. The number of benzene rings is 2. The van der Waals surface area contributed by atoms with E-state index in [1.807, 2.05) is 24.3 Å². The van der Waals surface area contributed by atoms with Crippen LogP contribution in [0.5, 0.6) is 5.75 Å². The van der Waals surface area contributed by atoms with Crippen LogP contribution in [0, 0.1) is 0 Å². The van der Waals surface area contributed by atoms with E-state index in [1.165, 1.54) is 3.97 Å². The van der Waals surface area contributed by atoms with Crippen LogP contribution < -0.4 is 15.0 Å². The fourth-order valence-electron chi connectivity index (χ4n) is 4.01. The molecule has 3 aromatic rings. The van der Waals surface area contributed by atoms with Crippen LogP contribution in [0.25, 0.3) is 10.9 Å². The number of nitrogens with one attached hydrogen (secondary N) is 1. The van der Waals surface area contributed by atoms with Crippen LogP contribution in [0.3, 0.4) is 0 Å². The molecule has 1 N–H and O–H groups in total. The summed E-state index contributed by atoms with van der Waals surface area (Å²) in [5, 5.41) is 4.31. The molecule has 6 nitrogen and oxygen atoms in total. The van der Waals surface area contributed by atoms with E-state index in [9.17, 15) is 8.42 Å². The highest BCUT2D eigenvalue weighted by Crippen LogP contribution is 2.36. The predicted molar refractivity (Wildman–Crippen MR) is 105 cm³/mol. The maximum atomic E-state index is 13.4. The minimum absolute atomic E-state index is 0.238. The van der Waals surface area contributed by atoms with Gasteiger partial charge in [-0.05, 0) is 29.8 Å². The average molecular weight is 383 g/mol. The molecule has 1 saturated heterocycles. The summed E-state index contributed by atoms with van der Waals surface area (Å²) in [5.41, 5.74) is 2.73. The number of rotatable bonds is 3. The zero-order valence-corrected chi connectivity index (χ0v) is 15.7. The van der Waals surface area contributed by atoms with Gasteiger partial charge in [-0.2, -0.15) is 0 Å². The van der Waals surface area contributed by atoms with Crippen molar-refractivity contribution in [1.29, 1.82) is 0 Å². The summed E-state index contributed by atoms with van der Waals surface area (Å²) >= 11 is 0. The Bertz CT molecular complexity index is 1110. The van der Waals surface area contributed by atoms with Crippen LogP contribution in [0.2, 0.25) is 0 Å². The summed E-state index contributed by atoms with van der Waals surface area (Å²) in [6.07, 6.45) is 2.40. The largest absolute Gasteiger partial charge is 0.492 e. The van der Waals surface area contributed by atoms with Crippen molar-refractivity contribution >= 4 is 26.6 Å². The minimum atomic E-state index is -3.73. The molecule has 0 unspecified atom stereocenters. The van der Waals surface area contributed by atoms with Gasteiger partial charge in [0, 0.05) is 49.9 Å². The number of hydrogen-bond acceptors (Lipinski definition) is 5. The van der Waals surface area contributed by atoms with E-state index < -0.39 is 10.0 Å². The summed E-state index contributed by atoms with van der Waals surface area (Å²) in [7, 11) is -3.73. The third kappa shape index (κ3) is 2.61. The molecule has 2 aliphatic heterocycles. The molecule has 27 heavy (non-hydrogen) atoms. The molecule has 0 atom stereocenters. The molecule has 2 aliphatic rings. The number of nitrogens with zero attached hydrogens (tertiary/aromatic N) is 2. The first-order valence-electron chi connectivity index (χ1n) is 9.22. The maximum Gasteiger partial charge on any atom is 0.271 e. The fourth-order valence-corrected chi connectivity index (χ4v) is 5.54. The molecule has 5 rings (SSSR count). The lowest BCUT2D eigenvalue weighted by atomic mass is 10.2. The summed E-state index contributed by atoms with van der Waals surface area (Å²) in [6.45, 7) is 4.22. The third-order valence-corrected chi connectivity index (χ3v) is 7.06. The van der Waals surface area contributed by atoms with Crippen LogP contribution in [-0.2, 0) is 16.4 Å². The molecule has 0 radical (unpaired) electrons. The van der Waals surface area contributed by atoms with E-state index in [0.29, 0.717) is 17.9 Å². The Kier molecular flexibility index (Phi) is 3.87. The first kappa shape index (κ1) is 16.6. The molecule has 7 heteroatoms. The summed E-state index contributed by atoms with van der Waals surface area (Å²) < 4.78 is 33.8. The van der Waals surface area contributed by atoms with Crippen molar-refractivity contribution in [1.82, 2.24) is 9.29 Å². The molecule has 0 amide bonds. The Morgan fingerprint density at radius 3 is 2.67 bits per heavy atom. The summed E-state index contributed by atoms with van der Waals surface area (Å²) in [4.78, 5) is 2.54. The molecule has 0 spiro atoms. The molecular weight excluding hydrogens is 362 g/mol. The Labute approximate surface area is 158 Å². The van der Waals surface area contributed by atoms with Crippen molar-refractivity contribution < 1.29 is 13.2 Å². The van der Waals surface area contributed by atoms with Gasteiger partial charge in [0.25, 0.3) is 10.0 Å². The van der Waals surface area contributed by atoms with Gasteiger partial charge in [0.1, 0.15) is 10.6 Å². The van der Waals surface area contributed by atoms with Gasteiger partial charge in [0.05, 0.1) is 12.1 Å². The molecule has 0 aliphatic carbocycles. The van der Waals surface area contributed by atoms with Gasteiger partial charge >= 0.3 is 0 Å². The second-order valence-electron chi connectivity index (χ2n) is 6.91. The van der Waals surface area contributed by atoms with Gasteiger partial charge in [-0.25, -0.2) is 12.4 Å². The molecule has 0 bridgehead atoms. The van der Waals surface area contributed by atoms with Crippen LogP contribution in [0.15, 0.2) is 53.6 Å². The molecule has 1 aromatic heterocycles. The van der Waals surface area contributed by atoms with Crippen LogP contribution >= 0.6 is 0 Å². The number of fused-ring (bicyclic) bond motifs is 2. The first-order chi connectivity index (χ1) is 13.2. The van der Waals surface area contributed by atoms with Gasteiger partial charge in [-0.15, -0.1) is 0 Å². The van der Waals surface area contributed by atoms with Gasteiger partial charge in [-0.3, -0.25) is 0 Å². The standard InChI is InChI=1S/C20H21N3O3S/c24-27(25,19-6-1-3-15-8-14-26-20(15)19)23-11-7-16-17(4-2-5-18(16)23)22-12-9-21-10-13-22/h1-7,11,21H,8-10,12-14H2. The van der Waals surface area contributed by atoms with Crippen molar-refractivity contribution in [3.8, 4) is 5.75 Å². The lowest BCUT2D eigenvalue weighted by molar-refractivity contribution is 0.348. The highest BCUT2D eigenvalue weighted by molar-refractivity contribution is 7.90. The molecule has 0 saturated carbocycles. The number of anilines is 1. The van der Waals surface area contributed by atoms with Crippen molar-refractivity contribution in [3.63, 3.8) is 0 Å². The minimum Gasteiger partial charge on any atom is -0.492 e. The third-order valence-electron chi connectivity index (χ3n) is 5.35. The van der Waals surface area contributed by atoms with Crippen LogP contribution in [0.1, 0.15) is 5.56 Å².